The van der Waals surface area contributed by atoms with Crippen LogP contribution in [0.25, 0.3) is 0 Å². The highest BCUT2D eigenvalue weighted by molar-refractivity contribution is 5.77. The van der Waals surface area contributed by atoms with Gasteiger partial charge in [-0.3, -0.25) is 0 Å². The van der Waals surface area contributed by atoms with Gasteiger partial charge in [0, 0.05) is 12.2 Å². The number of hydrogen-bond donors (Lipinski definition) is 0. The van der Waals surface area contributed by atoms with E-state index < -0.39 is 12.1 Å². The largest absolute Gasteiger partial charge is 0.460 e. The Morgan fingerprint density at radius 3 is 2.84 bits per heavy atom. The predicted octanol–water partition coefficient (Wildman–Crippen LogP) is 1.53. The molecule has 0 N–H and O–H groups in total. The normalized spacial score (nSPS) is 19.7. The maximum Gasteiger partial charge on any atom is 0.418 e. The lowest BCUT2D eigenvalue weighted by atomic mass is 10.1. The van der Waals surface area contributed by atoms with E-state index in [0.29, 0.717) is 12.2 Å². The van der Waals surface area contributed by atoms with E-state index in [-0.39, 0.29) is 12.7 Å². The Labute approximate surface area is 111 Å². The first-order valence-electron chi connectivity index (χ1n) is 6.17. The zero-order valence-corrected chi connectivity index (χ0v) is 10.4. The van der Waals surface area contributed by atoms with E-state index in [0.717, 1.165) is 12.8 Å². The number of carbonyl (C=O) groups excluding carboxylic acids is 2. The molecule has 101 valence electrons. The van der Waals surface area contributed by atoms with Crippen LogP contribution >= 0.6 is 0 Å². The van der Waals surface area contributed by atoms with E-state index in [1.165, 1.54) is 6.47 Å². The molecule has 1 saturated heterocycles. The van der Waals surface area contributed by atoms with Crippen molar-refractivity contribution in [2.24, 2.45) is 0 Å². The number of hydrogen-bond acceptors (Lipinski definition) is 5. The van der Waals surface area contributed by atoms with E-state index in [4.69, 9.17) is 9.47 Å². The summed E-state index contributed by atoms with van der Waals surface area (Å²) in [6.07, 6.45) is 0.730. The Kier molecular flexibility index (Phi) is 4.92. The third-order valence-corrected chi connectivity index (χ3v) is 2.92. The minimum absolute atomic E-state index is 0.0550. The Bertz CT molecular complexity index is 411. The summed E-state index contributed by atoms with van der Waals surface area (Å²) in [7, 11) is 0. The van der Waals surface area contributed by atoms with Crippen molar-refractivity contribution in [1.29, 1.82) is 0 Å². The van der Waals surface area contributed by atoms with Gasteiger partial charge >= 0.3 is 12.4 Å². The molecule has 1 radical (unpaired) electrons. The molecule has 1 fully saturated rings. The van der Waals surface area contributed by atoms with Crippen molar-refractivity contribution in [2.45, 2.75) is 25.0 Å². The van der Waals surface area contributed by atoms with Gasteiger partial charge in [-0.15, -0.1) is 0 Å². The first-order valence-corrected chi connectivity index (χ1v) is 6.17. The van der Waals surface area contributed by atoms with Crippen LogP contribution in [0.1, 0.15) is 24.5 Å². The number of ether oxygens (including phenoxy) is 3. The van der Waals surface area contributed by atoms with Crippen LogP contribution in [0.4, 0.5) is 0 Å². The first kappa shape index (κ1) is 13.5. The van der Waals surface area contributed by atoms with Crippen LogP contribution in [0.15, 0.2) is 30.3 Å². The molecule has 1 heterocycles. The molecular weight excluding hydrogens is 248 g/mol. The van der Waals surface area contributed by atoms with Gasteiger partial charge < -0.3 is 14.2 Å². The second-order valence-corrected chi connectivity index (χ2v) is 4.26. The highest BCUT2D eigenvalue weighted by Crippen LogP contribution is 2.19. The van der Waals surface area contributed by atoms with Gasteiger partial charge in [-0.2, -0.15) is 0 Å². The minimum atomic E-state index is -1.07. The van der Waals surface area contributed by atoms with Crippen molar-refractivity contribution in [3.05, 3.63) is 35.9 Å². The van der Waals surface area contributed by atoms with Gasteiger partial charge in [0.15, 0.2) is 0 Å². The molecular formula is C14H15O5. The van der Waals surface area contributed by atoms with Gasteiger partial charge in [0.2, 0.25) is 6.10 Å². The zero-order chi connectivity index (χ0) is 13.5. The Balaban J connectivity index is 1.94. The summed E-state index contributed by atoms with van der Waals surface area (Å²) >= 11 is 0. The van der Waals surface area contributed by atoms with E-state index in [9.17, 15) is 9.59 Å². The fourth-order valence-electron chi connectivity index (χ4n) is 1.95. The maximum absolute atomic E-state index is 11.9. The van der Waals surface area contributed by atoms with Crippen LogP contribution in [-0.4, -0.2) is 31.8 Å². The lowest BCUT2D eigenvalue weighted by Gasteiger charge is -2.16. The molecule has 0 aliphatic carbocycles. The van der Waals surface area contributed by atoms with Crippen LogP contribution in [0.3, 0.4) is 0 Å². The van der Waals surface area contributed by atoms with Crippen LogP contribution in [0, 0.1) is 0 Å². The number of carbonyl (C=O) groups is 1. The molecule has 2 atom stereocenters. The summed E-state index contributed by atoms with van der Waals surface area (Å²) in [6, 6.07) is 8.70. The molecule has 5 nitrogen and oxygen atoms in total. The second-order valence-electron chi connectivity index (χ2n) is 4.26. The van der Waals surface area contributed by atoms with Gasteiger partial charge in [-0.25, -0.2) is 9.59 Å². The average molecular weight is 263 g/mol. The van der Waals surface area contributed by atoms with Crippen LogP contribution in [0.5, 0.6) is 0 Å². The summed E-state index contributed by atoms with van der Waals surface area (Å²) < 4.78 is 15.2. The maximum atomic E-state index is 11.9. The van der Waals surface area contributed by atoms with Crippen LogP contribution in [0.2, 0.25) is 0 Å². The number of rotatable bonds is 6. The molecule has 0 saturated carbocycles. The summed E-state index contributed by atoms with van der Waals surface area (Å²) in [5.41, 5.74) is 0.559. The van der Waals surface area contributed by atoms with Crippen molar-refractivity contribution in [3.63, 3.8) is 0 Å². The Hall–Kier alpha value is -1.88. The summed E-state index contributed by atoms with van der Waals surface area (Å²) in [6.45, 7) is 2.18. The molecule has 5 heteroatoms. The number of benzene rings is 1. The van der Waals surface area contributed by atoms with Crippen LogP contribution < -0.4 is 0 Å². The molecule has 0 amide bonds. The lowest BCUT2D eigenvalue weighted by molar-refractivity contribution is -0.156. The van der Waals surface area contributed by atoms with Crippen molar-refractivity contribution in [2.75, 3.05) is 13.2 Å². The molecule has 1 aliphatic heterocycles. The molecule has 1 aromatic rings. The molecule has 0 aromatic heterocycles. The zero-order valence-electron chi connectivity index (χ0n) is 10.4. The third-order valence-electron chi connectivity index (χ3n) is 2.92. The second kappa shape index (κ2) is 6.89. The van der Waals surface area contributed by atoms with Crippen LogP contribution in [-0.2, 0) is 23.8 Å². The number of esters is 1. The van der Waals surface area contributed by atoms with E-state index in [1.54, 1.807) is 24.3 Å². The average Bonchev–Trinajstić information content (AvgIpc) is 2.96. The Morgan fingerprint density at radius 1 is 1.42 bits per heavy atom. The smallest absolute Gasteiger partial charge is 0.418 e. The van der Waals surface area contributed by atoms with Crippen molar-refractivity contribution < 1.29 is 23.8 Å². The van der Waals surface area contributed by atoms with Crippen molar-refractivity contribution in [3.8, 4) is 0 Å². The lowest BCUT2D eigenvalue weighted by Crippen LogP contribution is -2.23. The molecule has 0 bridgehead atoms. The SMILES string of the molecule is O=[C]OC(C(=O)OCC1CCCO1)c1ccccc1. The van der Waals surface area contributed by atoms with Crippen molar-refractivity contribution in [1.82, 2.24) is 0 Å². The third kappa shape index (κ3) is 3.79. The molecule has 1 aromatic carbocycles. The summed E-state index contributed by atoms with van der Waals surface area (Å²) in [5, 5.41) is 0. The topological polar surface area (TPSA) is 61.8 Å². The fraction of sp³-hybridized carbons (Fsp3) is 0.429. The highest BCUT2D eigenvalue weighted by Gasteiger charge is 2.26. The standard InChI is InChI=1S/C14H15O5/c15-10-19-13(11-5-2-1-3-6-11)14(16)18-9-12-7-4-8-17-12/h1-3,5-6,12-13H,4,7-9H2. The highest BCUT2D eigenvalue weighted by atomic mass is 16.6. The first-order chi connectivity index (χ1) is 9.31. The molecule has 0 spiro atoms. The van der Waals surface area contributed by atoms with Gasteiger partial charge in [0.05, 0.1) is 6.10 Å². The van der Waals surface area contributed by atoms with E-state index in [1.807, 2.05) is 6.07 Å². The van der Waals surface area contributed by atoms with E-state index >= 15 is 0 Å². The minimum Gasteiger partial charge on any atom is -0.460 e. The fourth-order valence-corrected chi connectivity index (χ4v) is 1.95. The van der Waals surface area contributed by atoms with Gasteiger partial charge in [0.25, 0.3) is 0 Å². The summed E-state index contributed by atoms with van der Waals surface area (Å²) in [4.78, 5) is 22.3. The molecule has 1 aliphatic rings. The van der Waals surface area contributed by atoms with Gasteiger partial charge in [-0.1, -0.05) is 30.3 Å². The molecule has 2 rings (SSSR count). The quantitative estimate of drug-likeness (QED) is 0.728. The monoisotopic (exact) mass is 263 g/mol. The summed E-state index contributed by atoms with van der Waals surface area (Å²) in [5.74, 6) is -0.606. The Morgan fingerprint density at radius 2 is 2.21 bits per heavy atom. The molecule has 2 unspecified atom stereocenters. The molecule has 19 heavy (non-hydrogen) atoms. The van der Waals surface area contributed by atoms with E-state index in [2.05, 4.69) is 4.74 Å². The predicted molar refractivity (Wildman–Crippen MR) is 65.9 cm³/mol. The van der Waals surface area contributed by atoms with Gasteiger partial charge in [0.1, 0.15) is 6.61 Å². The van der Waals surface area contributed by atoms with Gasteiger partial charge in [-0.05, 0) is 12.8 Å². The van der Waals surface area contributed by atoms with Crippen molar-refractivity contribution >= 4 is 12.4 Å².